The molecule has 1 atom stereocenters. The van der Waals surface area contributed by atoms with Gasteiger partial charge in [0.25, 0.3) is 0 Å². The lowest BCUT2D eigenvalue weighted by molar-refractivity contribution is -0.0371. The van der Waals surface area contributed by atoms with Gasteiger partial charge in [0.15, 0.2) is 11.9 Å². The van der Waals surface area contributed by atoms with Crippen LogP contribution in [-0.2, 0) is 4.74 Å². The first-order valence-electron chi connectivity index (χ1n) is 5.97. The summed E-state index contributed by atoms with van der Waals surface area (Å²) >= 11 is 9.33. The van der Waals surface area contributed by atoms with Gasteiger partial charge in [-0.3, -0.25) is 0 Å². The van der Waals surface area contributed by atoms with Gasteiger partial charge in [-0.1, -0.05) is 0 Å². The van der Waals surface area contributed by atoms with E-state index >= 15 is 0 Å². The topological polar surface area (TPSA) is 62.1 Å². The Labute approximate surface area is 123 Å². The van der Waals surface area contributed by atoms with Crippen LogP contribution in [-0.4, -0.2) is 33.5 Å². The van der Waals surface area contributed by atoms with E-state index in [9.17, 15) is 0 Å². The summed E-state index contributed by atoms with van der Waals surface area (Å²) in [7, 11) is 1.54. The highest BCUT2D eigenvalue weighted by atomic mass is 79.9. The van der Waals surface area contributed by atoms with Crippen molar-refractivity contribution in [3.8, 4) is 5.88 Å². The monoisotopic (exact) mass is 346 g/mol. The number of aromatic nitrogens is 4. The van der Waals surface area contributed by atoms with Crippen LogP contribution in [0.4, 0.5) is 0 Å². The van der Waals surface area contributed by atoms with Crippen LogP contribution < -0.4 is 4.74 Å². The zero-order valence-corrected chi connectivity index (χ0v) is 12.6. The Bertz CT molecular complexity index is 612. The van der Waals surface area contributed by atoms with Crippen molar-refractivity contribution in [3.05, 3.63) is 9.89 Å². The minimum absolute atomic E-state index is 0.113. The Kier molecular flexibility index (Phi) is 3.60. The average molecular weight is 348 g/mol. The molecule has 0 saturated carbocycles. The Morgan fingerprint density at radius 1 is 1.42 bits per heavy atom. The summed E-state index contributed by atoms with van der Waals surface area (Å²) in [6, 6.07) is 0. The molecule has 8 heteroatoms. The number of rotatable bonds is 2. The maximum Gasteiger partial charge on any atom is 0.230 e. The molecule has 6 nitrogen and oxygen atoms in total. The fourth-order valence-corrected chi connectivity index (χ4v) is 2.88. The minimum Gasteiger partial charge on any atom is -0.480 e. The van der Waals surface area contributed by atoms with Crippen LogP contribution >= 0.6 is 27.5 Å². The van der Waals surface area contributed by atoms with E-state index in [1.54, 1.807) is 11.8 Å². The molecule has 1 aliphatic heterocycles. The van der Waals surface area contributed by atoms with Gasteiger partial charge in [0.05, 0.1) is 7.11 Å². The molecule has 0 amide bonds. The van der Waals surface area contributed by atoms with Crippen LogP contribution in [0.2, 0.25) is 5.28 Å². The molecule has 2 aromatic rings. The van der Waals surface area contributed by atoms with E-state index in [0.29, 0.717) is 21.5 Å². The van der Waals surface area contributed by atoms with E-state index in [-0.39, 0.29) is 11.5 Å². The lowest BCUT2D eigenvalue weighted by Crippen LogP contribution is -2.19. The Balaban J connectivity index is 2.17. The van der Waals surface area contributed by atoms with Crippen LogP contribution in [0.3, 0.4) is 0 Å². The number of halogens is 2. The zero-order chi connectivity index (χ0) is 13.4. The molecule has 102 valence electrons. The molecule has 0 aromatic carbocycles. The summed E-state index contributed by atoms with van der Waals surface area (Å²) in [4.78, 5) is 8.29. The first-order valence-corrected chi connectivity index (χ1v) is 7.14. The van der Waals surface area contributed by atoms with E-state index in [1.165, 1.54) is 0 Å². The number of fused-ring (bicyclic) bond motifs is 1. The molecule has 1 fully saturated rings. The largest absolute Gasteiger partial charge is 0.480 e. The SMILES string of the molecule is COc1nc(Cl)nc2c1c(Br)nn2C1CCCCO1. The molecule has 1 aliphatic rings. The summed E-state index contributed by atoms with van der Waals surface area (Å²) in [6.45, 7) is 0.736. The molecule has 0 spiro atoms. The van der Waals surface area contributed by atoms with Gasteiger partial charge in [0, 0.05) is 6.61 Å². The quantitative estimate of drug-likeness (QED) is 0.782. The fourth-order valence-electron chi connectivity index (χ4n) is 2.21. The number of nitrogens with zero attached hydrogens (tertiary/aromatic N) is 4. The highest BCUT2D eigenvalue weighted by Gasteiger charge is 2.24. The van der Waals surface area contributed by atoms with Gasteiger partial charge in [-0.05, 0) is 46.8 Å². The molecule has 3 rings (SSSR count). The highest BCUT2D eigenvalue weighted by Crippen LogP contribution is 2.34. The van der Waals surface area contributed by atoms with Crippen LogP contribution in [0.5, 0.6) is 5.88 Å². The molecular weight excluding hydrogens is 336 g/mol. The van der Waals surface area contributed by atoms with Crippen LogP contribution in [0, 0.1) is 0 Å². The summed E-state index contributed by atoms with van der Waals surface area (Å²) in [6.07, 6.45) is 2.99. The molecule has 19 heavy (non-hydrogen) atoms. The second-order valence-corrected chi connectivity index (χ2v) is 5.35. The summed E-state index contributed by atoms with van der Waals surface area (Å²) in [5.41, 5.74) is 0.621. The first kappa shape index (κ1) is 13.1. The summed E-state index contributed by atoms with van der Waals surface area (Å²) in [5, 5.41) is 5.27. The van der Waals surface area contributed by atoms with E-state index in [2.05, 4.69) is 31.0 Å². The maximum absolute atomic E-state index is 5.92. The number of ether oxygens (including phenoxy) is 2. The molecule has 0 N–H and O–H groups in total. The lowest BCUT2D eigenvalue weighted by atomic mass is 10.2. The average Bonchev–Trinajstić information content (AvgIpc) is 2.76. The van der Waals surface area contributed by atoms with Crippen molar-refractivity contribution in [1.29, 1.82) is 0 Å². The van der Waals surface area contributed by atoms with Gasteiger partial charge in [0.1, 0.15) is 9.99 Å². The first-order chi connectivity index (χ1) is 9.20. The van der Waals surface area contributed by atoms with Crippen molar-refractivity contribution in [3.63, 3.8) is 0 Å². The second-order valence-electron chi connectivity index (χ2n) is 4.26. The smallest absolute Gasteiger partial charge is 0.230 e. The van der Waals surface area contributed by atoms with Crippen molar-refractivity contribution >= 4 is 38.6 Å². The Morgan fingerprint density at radius 3 is 2.95 bits per heavy atom. The highest BCUT2D eigenvalue weighted by molar-refractivity contribution is 9.10. The van der Waals surface area contributed by atoms with Gasteiger partial charge in [-0.2, -0.15) is 15.1 Å². The maximum atomic E-state index is 5.92. The standard InChI is InChI=1S/C11H12BrClN4O2/c1-18-10-7-8(12)16-17(6-4-2-3-5-19-6)9(7)14-11(13)15-10/h6H,2-5H2,1H3. The Hall–Kier alpha value is -0.920. The predicted octanol–water partition coefficient (Wildman–Crippen LogP) is 2.95. The zero-order valence-electron chi connectivity index (χ0n) is 10.3. The van der Waals surface area contributed by atoms with E-state index in [0.717, 1.165) is 25.9 Å². The fraction of sp³-hybridized carbons (Fsp3) is 0.545. The van der Waals surface area contributed by atoms with Crippen molar-refractivity contribution in [1.82, 2.24) is 19.7 Å². The number of methoxy groups -OCH3 is 1. The molecule has 0 radical (unpaired) electrons. The summed E-state index contributed by atoms with van der Waals surface area (Å²) in [5.74, 6) is 0.406. The van der Waals surface area contributed by atoms with Crippen molar-refractivity contribution in [2.75, 3.05) is 13.7 Å². The van der Waals surface area contributed by atoms with Gasteiger partial charge in [-0.25, -0.2) is 4.68 Å². The van der Waals surface area contributed by atoms with Crippen molar-refractivity contribution in [2.45, 2.75) is 25.5 Å². The molecular formula is C11H12BrClN4O2. The third-order valence-corrected chi connectivity index (χ3v) is 3.79. The normalized spacial score (nSPS) is 19.8. The Morgan fingerprint density at radius 2 is 2.26 bits per heavy atom. The molecule has 2 aromatic heterocycles. The van der Waals surface area contributed by atoms with E-state index < -0.39 is 0 Å². The van der Waals surface area contributed by atoms with Crippen LogP contribution in [0.15, 0.2) is 4.60 Å². The lowest BCUT2D eigenvalue weighted by Gasteiger charge is -2.22. The van der Waals surface area contributed by atoms with E-state index in [1.807, 2.05) is 0 Å². The van der Waals surface area contributed by atoms with Crippen molar-refractivity contribution in [2.24, 2.45) is 0 Å². The number of hydrogen-bond acceptors (Lipinski definition) is 5. The molecule has 0 aliphatic carbocycles. The molecule has 1 unspecified atom stereocenters. The van der Waals surface area contributed by atoms with Gasteiger partial charge in [-0.15, -0.1) is 0 Å². The van der Waals surface area contributed by atoms with Gasteiger partial charge in [0.2, 0.25) is 11.2 Å². The van der Waals surface area contributed by atoms with Gasteiger partial charge >= 0.3 is 0 Å². The van der Waals surface area contributed by atoms with E-state index in [4.69, 9.17) is 21.1 Å². The predicted molar refractivity (Wildman–Crippen MR) is 73.4 cm³/mol. The molecule has 3 heterocycles. The number of hydrogen-bond donors (Lipinski definition) is 0. The van der Waals surface area contributed by atoms with Crippen LogP contribution in [0.25, 0.3) is 11.0 Å². The van der Waals surface area contributed by atoms with Gasteiger partial charge < -0.3 is 9.47 Å². The molecule has 0 bridgehead atoms. The molecule has 1 saturated heterocycles. The summed E-state index contributed by atoms with van der Waals surface area (Å²) < 4.78 is 13.3. The third-order valence-electron chi connectivity index (χ3n) is 3.07. The van der Waals surface area contributed by atoms with Crippen molar-refractivity contribution < 1.29 is 9.47 Å². The third kappa shape index (κ3) is 2.30. The second kappa shape index (κ2) is 5.22. The van der Waals surface area contributed by atoms with Crippen LogP contribution in [0.1, 0.15) is 25.5 Å². The minimum atomic E-state index is -0.113.